The van der Waals surface area contributed by atoms with Crippen molar-refractivity contribution in [3.8, 4) is 0 Å². The largest absolute Gasteiger partial charge is 0.369 e. The van der Waals surface area contributed by atoms with Crippen LogP contribution in [0.3, 0.4) is 0 Å². The molecule has 2 rings (SSSR count). The van der Waals surface area contributed by atoms with Crippen LogP contribution in [0.15, 0.2) is 12.2 Å². The second-order valence-electron chi connectivity index (χ2n) is 6.15. The van der Waals surface area contributed by atoms with Gasteiger partial charge in [-0.05, 0) is 32.4 Å². The van der Waals surface area contributed by atoms with Crippen molar-refractivity contribution in [2.24, 2.45) is 11.7 Å². The van der Waals surface area contributed by atoms with Gasteiger partial charge in [-0.3, -0.25) is 14.5 Å². The van der Waals surface area contributed by atoms with Crippen LogP contribution in [0.2, 0.25) is 0 Å². The molecule has 2 heterocycles. The summed E-state index contributed by atoms with van der Waals surface area (Å²) in [4.78, 5) is 27.7. The van der Waals surface area contributed by atoms with Crippen LogP contribution >= 0.6 is 0 Å². The number of primary amides is 1. The van der Waals surface area contributed by atoms with E-state index in [0.717, 1.165) is 51.7 Å². The molecule has 0 aromatic heterocycles. The highest BCUT2D eigenvalue weighted by Crippen LogP contribution is 2.24. The molecular weight excluding hydrogens is 266 g/mol. The third-order valence-electron chi connectivity index (χ3n) is 4.51. The zero-order chi connectivity index (χ0) is 15.2. The third kappa shape index (κ3) is 4.30. The first-order valence-electron chi connectivity index (χ1n) is 8.09. The van der Waals surface area contributed by atoms with Gasteiger partial charge < -0.3 is 10.6 Å². The standard InChI is InChI=1S/C16H27N3O2/c1-2-3-5-14-6-4-9-19(14)16(21)13-7-10-18(11-8-13)12-15(17)20/h4,6,13-14H,2-3,5,7-12H2,1H3,(H2,17,20). The molecule has 0 spiro atoms. The first kappa shape index (κ1) is 16.0. The number of amides is 2. The quantitative estimate of drug-likeness (QED) is 0.747. The Hall–Kier alpha value is -1.36. The van der Waals surface area contributed by atoms with Gasteiger partial charge in [0, 0.05) is 12.5 Å². The molecule has 1 fully saturated rings. The van der Waals surface area contributed by atoms with Crippen LogP contribution in [0.4, 0.5) is 0 Å². The topological polar surface area (TPSA) is 66.6 Å². The average Bonchev–Trinajstić information content (AvgIpc) is 2.93. The highest BCUT2D eigenvalue weighted by Gasteiger charge is 2.32. The lowest BCUT2D eigenvalue weighted by Gasteiger charge is -2.34. The molecule has 2 N–H and O–H groups in total. The molecular formula is C16H27N3O2. The van der Waals surface area contributed by atoms with Crippen LogP contribution in [0.5, 0.6) is 0 Å². The van der Waals surface area contributed by atoms with E-state index in [-0.39, 0.29) is 11.8 Å². The van der Waals surface area contributed by atoms with Crippen LogP contribution in [0, 0.1) is 5.92 Å². The molecule has 0 bridgehead atoms. The van der Waals surface area contributed by atoms with Crippen LogP contribution in [-0.4, -0.2) is 53.8 Å². The number of unbranched alkanes of at least 4 members (excludes halogenated alkanes) is 1. The van der Waals surface area contributed by atoms with Crippen LogP contribution < -0.4 is 5.73 Å². The van der Waals surface area contributed by atoms with Crippen molar-refractivity contribution in [3.63, 3.8) is 0 Å². The Kier molecular flexibility index (Phi) is 5.79. The van der Waals surface area contributed by atoms with Gasteiger partial charge in [0.1, 0.15) is 0 Å². The van der Waals surface area contributed by atoms with E-state index < -0.39 is 0 Å². The molecule has 1 atom stereocenters. The van der Waals surface area contributed by atoms with Crippen molar-refractivity contribution in [3.05, 3.63) is 12.2 Å². The Bertz CT molecular complexity index is 400. The monoisotopic (exact) mass is 293 g/mol. The van der Waals surface area contributed by atoms with Crippen LogP contribution in [0.25, 0.3) is 0 Å². The van der Waals surface area contributed by atoms with Crippen molar-refractivity contribution < 1.29 is 9.59 Å². The molecule has 0 saturated carbocycles. The lowest BCUT2D eigenvalue weighted by molar-refractivity contribution is -0.137. The molecule has 0 aromatic carbocycles. The fourth-order valence-corrected chi connectivity index (χ4v) is 3.28. The Morgan fingerprint density at radius 1 is 1.29 bits per heavy atom. The van der Waals surface area contributed by atoms with E-state index in [0.29, 0.717) is 18.5 Å². The first-order chi connectivity index (χ1) is 10.1. The maximum atomic E-state index is 12.7. The van der Waals surface area contributed by atoms with Crippen LogP contribution in [-0.2, 0) is 9.59 Å². The Morgan fingerprint density at radius 3 is 2.62 bits per heavy atom. The molecule has 0 radical (unpaired) electrons. The maximum Gasteiger partial charge on any atom is 0.231 e. The molecule has 2 aliphatic rings. The Labute approximate surface area is 127 Å². The maximum absolute atomic E-state index is 12.7. The number of nitrogens with zero attached hydrogens (tertiary/aromatic N) is 2. The lowest BCUT2D eigenvalue weighted by atomic mass is 9.94. The number of rotatable bonds is 6. The minimum Gasteiger partial charge on any atom is -0.369 e. The van der Waals surface area contributed by atoms with E-state index in [1.807, 2.05) is 9.80 Å². The van der Waals surface area contributed by atoms with Gasteiger partial charge >= 0.3 is 0 Å². The second-order valence-corrected chi connectivity index (χ2v) is 6.15. The smallest absolute Gasteiger partial charge is 0.231 e. The SMILES string of the molecule is CCCCC1C=CCN1C(=O)C1CCN(CC(N)=O)CC1. The normalized spacial score (nSPS) is 23.7. The summed E-state index contributed by atoms with van der Waals surface area (Å²) in [7, 11) is 0. The number of hydrogen-bond donors (Lipinski definition) is 1. The Balaban J connectivity index is 1.82. The van der Waals surface area contributed by atoms with Gasteiger partial charge in [-0.2, -0.15) is 0 Å². The van der Waals surface area contributed by atoms with E-state index in [1.165, 1.54) is 0 Å². The summed E-state index contributed by atoms with van der Waals surface area (Å²) in [5.41, 5.74) is 5.22. The van der Waals surface area contributed by atoms with E-state index in [1.54, 1.807) is 0 Å². The van der Waals surface area contributed by atoms with Gasteiger partial charge in [0.2, 0.25) is 11.8 Å². The van der Waals surface area contributed by atoms with E-state index in [2.05, 4.69) is 19.1 Å². The molecule has 5 nitrogen and oxygen atoms in total. The molecule has 0 aliphatic carbocycles. The number of nitrogens with two attached hydrogens (primary N) is 1. The van der Waals surface area contributed by atoms with E-state index >= 15 is 0 Å². The van der Waals surface area contributed by atoms with Crippen LogP contribution in [0.1, 0.15) is 39.0 Å². The minimum atomic E-state index is -0.289. The molecule has 1 saturated heterocycles. The zero-order valence-electron chi connectivity index (χ0n) is 13.0. The van der Waals surface area contributed by atoms with Gasteiger partial charge in [0.05, 0.1) is 12.6 Å². The van der Waals surface area contributed by atoms with Crippen molar-refractivity contribution in [2.45, 2.75) is 45.1 Å². The summed E-state index contributed by atoms with van der Waals surface area (Å²) >= 11 is 0. The van der Waals surface area contributed by atoms with E-state index in [4.69, 9.17) is 5.73 Å². The Morgan fingerprint density at radius 2 is 2.00 bits per heavy atom. The molecule has 1 unspecified atom stereocenters. The molecule has 2 amide bonds. The molecule has 118 valence electrons. The summed E-state index contributed by atoms with van der Waals surface area (Å²) in [5, 5.41) is 0. The summed E-state index contributed by atoms with van der Waals surface area (Å²) < 4.78 is 0. The first-order valence-corrected chi connectivity index (χ1v) is 8.09. The number of piperidine rings is 1. The number of hydrogen-bond acceptors (Lipinski definition) is 3. The van der Waals surface area contributed by atoms with Gasteiger partial charge in [-0.15, -0.1) is 0 Å². The second kappa shape index (κ2) is 7.59. The van der Waals surface area contributed by atoms with Gasteiger partial charge in [0.15, 0.2) is 0 Å². The van der Waals surface area contributed by atoms with Crippen molar-refractivity contribution in [1.29, 1.82) is 0 Å². The summed E-state index contributed by atoms with van der Waals surface area (Å²) in [6.07, 6.45) is 9.36. The zero-order valence-corrected chi connectivity index (χ0v) is 13.0. The molecule has 21 heavy (non-hydrogen) atoms. The van der Waals surface area contributed by atoms with Gasteiger partial charge in [0.25, 0.3) is 0 Å². The van der Waals surface area contributed by atoms with Gasteiger partial charge in [-0.25, -0.2) is 0 Å². The highest BCUT2D eigenvalue weighted by molar-refractivity contribution is 5.80. The van der Waals surface area contributed by atoms with Crippen molar-refractivity contribution in [1.82, 2.24) is 9.80 Å². The predicted octanol–water partition coefficient (Wildman–Crippen LogP) is 1.14. The fourth-order valence-electron chi connectivity index (χ4n) is 3.28. The molecule has 0 aromatic rings. The number of likely N-dealkylation sites (tertiary alicyclic amines) is 1. The predicted molar refractivity (Wildman–Crippen MR) is 82.5 cm³/mol. The highest BCUT2D eigenvalue weighted by atomic mass is 16.2. The third-order valence-corrected chi connectivity index (χ3v) is 4.51. The van der Waals surface area contributed by atoms with E-state index in [9.17, 15) is 9.59 Å². The lowest BCUT2D eigenvalue weighted by Crippen LogP contribution is -2.46. The summed E-state index contributed by atoms with van der Waals surface area (Å²) in [5.74, 6) is 0.112. The van der Waals surface area contributed by atoms with Crippen molar-refractivity contribution in [2.75, 3.05) is 26.2 Å². The average molecular weight is 293 g/mol. The fraction of sp³-hybridized carbons (Fsp3) is 0.750. The van der Waals surface area contributed by atoms with Crippen molar-refractivity contribution >= 4 is 11.8 Å². The molecule has 5 heteroatoms. The number of carbonyl (C=O) groups excluding carboxylic acids is 2. The molecule has 2 aliphatic heterocycles. The number of carbonyl (C=O) groups is 2. The summed E-state index contributed by atoms with van der Waals surface area (Å²) in [6, 6.07) is 0.293. The summed E-state index contributed by atoms with van der Waals surface area (Å²) in [6.45, 7) is 4.83. The van der Waals surface area contributed by atoms with Gasteiger partial charge in [-0.1, -0.05) is 31.9 Å². The minimum absolute atomic E-state index is 0.109.